The second-order valence-electron chi connectivity index (χ2n) is 9.86. The minimum atomic E-state index is -0.239. The number of likely N-dealkylation sites (N-methyl/N-ethyl adjacent to an activating group) is 1. The molecule has 0 saturated heterocycles. The molecule has 2 aromatic carbocycles. The quantitative estimate of drug-likeness (QED) is 0.352. The van der Waals surface area contributed by atoms with Gasteiger partial charge >= 0.3 is 6.03 Å². The first kappa shape index (κ1) is 23.8. The van der Waals surface area contributed by atoms with Crippen LogP contribution >= 0.6 is 11.3 Å². The first-order chi connectivity index (χ1) is 18.1. The largest absolute Gasteiger partial charge is 0.497 e. The highest BCUT2D eigenvalue weighted by Crippen LogP contribution is 2.43. The van der Waals surface area contributed by atoms with Gasteiger partial charge in [-0.05, 0) is 73.0 Å². The highest BCUT2D eigenvalue weighted by molar-refractivity contribution is 7.15. The van der Waals surface area contributed by atoms with Crippen LogP contribution in [0.15, 0.2) is 66.9 Å². The minimum Gasteiger partial charge on any atom is -0.497 e. The van der Waals surface area contributed by atoms with Gasteiger partial charge in [0.1, 0.15) is 10.8 Å². The van der Waals surface area contributed by atoms with E-state index < -0.39 is 0 Å². The number of methoxy groups -OCH3 is 1. The van der Waals surface area contributed by atoms with E-state index >= 15 is 0 Å². The molecule has 2 aliphatic heterocycles. The van der Waals surface area contributed by atoms with Crippen LogP contribution in [0.5, 0.6) is 5.75 Å². The summed E-state index contributed by atoms with van der Waals surface area (Å²) in [4.78, 5) is 19.8. The standard InChI is InChI=1S/C30H32N4O2S/c1-4-20-7-11-22(12-8-20)31-30(35)34-18-25-24-15-17-32(2)19-27(24)37-29(25)33-16-5-6-26(33)28(34)21-9-13-23(36-3)14-10-21/h5-14,16,28H,4,15,17-19H2,1-3H3,(H,31,35)/t28-/m1/s1. The Morgan fingerprint density at radius 2 is 1.84 bits per heavy atom. The van der Waals surface area contributed by atoms with Crippen LogP contribution in [0.2, 0.25) is 0 Å². The zero-order valence-electron chi connectivity index (χ0n) is 21.5. The summed E-state index contributed by atoms with van der Waals surface area (Å²) in [5.41, 5.74) is 6.90. The molecular formula is C30H32N4O2S. The molecule has 0 radical (unpaired) electrons. The SMILES string of the molecule is CCc1ccc(NC(=O)N2Cc3c(sc4c3CCN(C)C4)-n3cccc3[C@H]2c2ccc(OC)cc2)cc1. The van der Waals surface area contributed by atoms with Gasteiger partial charge < -0.3 is 24.4 Å². The molecule has 37 heavy (non-hydrogen) atoms. The van der Waals surface area contributed by atoms with Gasteiger partial charge in [-0.15, -0.1) is 11.3 Å². The van der Waals surface area contributed by atoms with Gasteiger partial charge in [0.05, 0.1) is 25.4 Å². The Bertz CT molecular complexity index is 1420. The number of aromatic nitrogens is 1. The van der Waals surface area contributed by atoms with Crippen LogP contribution in [0.1, 0.15) is 45.8 Å². The number of ether oxygens (including phenoxy) is 1. The number of rotatable bonds is 4. The summed E-state index contributed by atoms with van der Waals surface area (Å²) in [6.45, 7) is 4.69. The Morgan fingerprint density at radius 1 is 1.05 bits per heavy atom. The van der Waals surface area contributed by atoms with Crippen molar-refractivity contribution in [1.29, 1.82) is 0 Å². The zero-order chi connectivity index (χ0) is 25.5. The van der Waals surface area contributed by atoms with Gasteiger partial charge in [0.25, 0.3) is 0 Å². The third-order valence-corrected chi connectivity index (χ3v) is 8.82. The van der Waals surface area contributed by atoms with Crippen molar-refractivity contribution in [3.8, 4) is 10.8 Å². The number of carbonyl (C=O) groups excluding carboxylic acids is 1. The fourth-order valence-corrected chi connectivity index (χ4v) is 6.95. The summed E-state index contributed by atoms with van der Waals surface area (Å²) in [7, 11) is 3.85. The fourth-order valence-electron chi connectivity index (χ4n) is 5.51. The summed E-state index contributed by atoms with van der Waals surface area (Å²) in [5.74, 6) is 0.803. The summed E-state index contributed by atoms with van der Waals surface area (Å²) in [6.07, 6.45) is 4.12. The van der Waals surface area contributed by atoms with Crippen molar-refractivity contribution in [2.45, 2.75) is 38.9 Å². The Hall–Kier alpha value is -3.55. The average Bonchev–Trinajstić information content (AvgIpc) is 3.50. The van der Waals surface area contributed by atoms with E-state index in [1.807, 2.05) is 40.5 Å². The third kappa shape index (κ3) is 4.32. The number of aryl methyl sites for hydroxylation is 1. The maximum Gasteiger partial charge on any atom is 0.322 e. The van der Waals surface area contributed by atoms with Crippen LogP contribution in [0.3, 0.4) is 0 Å². The van der Waals surface area contributed by atoms with Crippen LogP contribution in [0.25, 0.3) is 5.00 Å². The lowest BCUT2D eigenvalue weighted by Gasteiger charge is -2.32. The summed E-state index contributed by atoms with van der Waals surface area (Å²) >= 11 is 1.87. The predicted molar refractivity (Wildman–Crippen MR) is 149 cm³/mol. The second-order valence-corrected chi connectivity index (χ2v) is 10.9. The number of thiophene rings is 1. The molecule has 0 fully saturated rings. The number of nitrogens with one attached hydrogen (secondary N) is 1. The van der Waals surface area contributed by atoms with E-state index in [1.165, 1.54) is 26.6 Å². The number of anilines is 1. The maximum atomic E-state index is 14.0. The van der Waals surface area contributed by atoms with Crippen molar-refractivity contribution in [2.24, 2.45) is 0 Å². The topological polar surface area (TPSA) is 49.7 Å². The van der Waals surface area contributed by atoms with Crippen molar-refractivity contribution in [1.82, 2.24) is 14.4 Å². The molecule has 2 aliphatic rings. The van der Waals surface area contributed by atoms with Gasteiger partial charge in [-0.3, -0.25) is 0 Å². The number of urea groups is 1. The summed E-state index contributed by atoms with van der Waals surface area (Å²) in [6, 6.07) is 20.1. The van der Waals surface area contributed by atoms with E-state index in [-0.39, 0.29) is 12.1 Å². The number of carbonyl (C=O) groups is 1. The molecule has 0 unspecified atom stereocenters. The number of fused-ring (bicyclic) bond motifs is 5. The maximum absolute atomic E-state index is 14.0. The lowest BCUT2D eigenvalue weighted by Crippen LogP contribution is -2.38. The molecule has 1 atom stereocenters. The highest BCUT2D eigenvalue weighted by atomic mass is 32.1. The number of benzene rings is 2. The van der Waals surface area contributed by atoms with Crippen molar-refractivity contribution in [2.75, 3.05) is 26.0 Å². The molecule has 1 N–H and O–H groups in total. The average molecular weight is 513 g/mol. The Balaban J connectivity index is 1.46. The highest BCUT2D eigenvalue weighted by Gasteiger charge is 2.36. The number of hydrogen-bond donors (Lipinski definition) is 1. The van der Waals surface area contributed by atoms with E-state index in [4.69, 9.17) is 4.74 Å². The van der Waals surface area contributed by atoms with Gasteiger partial charge in [-0.25, -0.2) is 4.79 Å². The van der Waals surface area contributed by atoms with Gasteiger partial charge in [0.2, 0.25) is 0 Å². The van der Waals surface area contributed by atoms with E-state index in [1.54, 1.807) is 7.11 Å². The van der Waals surface area contributed by atoms with Crippen LogP contribution < -0.4 is 10.1 Å². The van der Waals surface area contributed by atoms with Gasteiger partial charge in [-0.2, -0.15) is 0 Å². The smallest absolute Gasteiger partial charge is 0.322 e. The van der Waals surface area contributed by atoms with Gasteiger partial charge in [0, 0.05) is 35.4 Å². The molecule has 0 aliphatic carbocycles. The van der Waals surface area contributed by atoms with Crippen LogP contribution in [0.4, 0.5) is 10.5 Å². The fraction of sp³-hybridized carbons (Fsp3) is 0.300. The first-order valence-electron chi connectivity index (χ1n) is 12.9. The van der Waals surface area contributed by atoms with E-state index in [0.29, 0.717) is 6.54 Å². The predicted octanol–water partition coefficient (Wildman–Crippen LogP) is 6.23. The lowest BCUT2D eigenvalue weighted by atomic mass is 10.00. The van der Waals surface area contributed by atoms with Crippen molar-refractivity contribution in [3.63, 3.8) is 0 Å². The second kappa shape index (κ2) is 9.72. The molecule has 4 heterocycles. The summed E-state index contributed by atoms with van der Waals surface area (Å²) in [5, 5.41) is 4.43. The molecule has 0 saturated carbocycles. The molecule has 0 spiro atoms. The molecular weight excluding hydrogens is 480 g/mol. The van der Waals surface area contributed by atoms with E-state index in [0.717, 1.165) is 48.6 Å². The van der Waals surface area contributed by atoms with Crippen molar-refractivity contribution < 1.29 is 9.53 Å². The van der Waals surface area contributed by atoms with Gasteiger partial charge in [-0.1, -0.05) is 31.2 Å². The zero-order valence-corrected chi connectivity index (χ0v) is 22.3. The van der Waals surface area contributed by atoms with Crippen LogP contribution in [-0.2, 0) is 25.9 Å². The molecule has 6 rings (SSSR count). The van der Waals surface area contributed by atoms with Crippen molar-refractivity contribution >= 4 is 23.1 Å². The number of amides is 2. The first-order valence-corrected chi connectivity index (χ1v) is 13.7. The molecule has 7 heteroatoms. The van der Waals surface area contributed by atoms with E-state index in [9.17, 15) is 4.79 Å². The number of hydrogen-bond acceptors (Lipinski definition) is 4. The van der Waals surface area contributed by atoms with Crippen LogP contribution in [-0.4, -0.2) is 41.1 Å². The Morgan fingerprint density at radius 3 is 2.57 bits per heavy atom. The summed E-state index contributed by atoms with van der Waals surface area (Å²) < 4.78 is 7.72. The number of nitrogens with zero attached hydrogens (tertiary/aromatic N) is 3. The van der Waals surface area contributed by atoms with E-state index in [2.05, 4.69) is 71.4 Å². The Labute approximate surface area is 222 Å². The third-order valence-electron chi connectivity index (χ3n) is 7.56. The van der Waals surface area contributed by atoms with Crippen LogP contribution in [0, 0.1) is 0 Å². The monoisotopic (exact) mass is 512 g/mol. The molecule has 2 amide bonds. The molecule has 190 valence electrons. The molecule has 0 bridgehead atoms. The normalized spacial score (nSPS) is 16.9. The molecule has 2 aromatic heterocycles. The lowest BCUT2D eigenvalue weighted by molar-refractivity contribution is 0.194. The van der Waals surface area contributed by atoms with Crippen molar-refractivity contribution in [3.05, 3.63) is 99.7 Å². The molecule has 4 aromatic rings. The Kier molecular flexibility index (Phi) is 6.26. The molecule has 6 nitrogen and oxygen atoms in total. The van der Waals surface area contributed by atoms with Gasteiger partial charge in [0.15, 0.2) is 0 Å². The minimum absolute atomic E-state index is 0.0986.